The van der Waals surface area contributed by atoms with Gasteiger partial charge < -0.3 is 16.0 Å². The molecule has 3 rings (SSSR count). The van der Waals surface area contributed by atoms with E-state index in [1.165, 1.54) is 0 Å². The van der Waals surface area contributed by atoms with Crippen molar-refractivity contribution in [3.63, 3.8) is 0 Å². The molecule has 0 heterocycles. The number of aryl methyl sites for hydroxylation is 1. The molecular weight excluding hydrogens is 470 g/mol. The molecule has 0 saturated heterocycles. The van der Waals surface area contributed by atoms with Crippen LogP contribution in [0.5, 0.6) is 0 Å². The number of nitrogens with zero attached hydrogens (tertiary/aromatic N) is 1. The second-order valence-corrected chi connectivity index (χ2v) is 9.30. The van der Waals surface area contributed by atoms with Crippen molar-refractivity contribution in [1.82, 2.24) is 10.2 Å². The van der Waals surface area contributed by atoms with Crippen LogP contribution in [0.3, 0.4) is 0 Å². The monoisotopic (exact) mass is 503 g/mol. The zero-order valence-electron chi connectivity index (χ0n) is 20.3. The van der Waals surface area contributed by atoms with E-state index < -0.39 is 29.0 Å². The molecule has 3 N–H and O–H groups in total. The lowest BCUT2D eigenvalue weighted by molar-refractivity contribution is -0.141. The maximum Gasteiger partial charge on any atom is 0.254 e. The molecule has 0 bridgehead atoms. The van der Waals surface area contributed by atoms with Crippen molar-refractivity contribution in [3.8, 4) is 0 Å². The standard InChI is InChI=1S/C29H33N3O3S/c30-27(33)26(31-28(34)25(36)17-16-22-10-4-1-5-11-22)29(35)32(20-18-23-12-6-2-7-13-23)21-19-24-14-8-3-9-15-24/h1-15,25-26,36H,16-21H2,(H2,30,33)(H,31,34)/t25-,26?/m0/s1. The zero-order chi connectivity index (χ0) is 25.8. The van der Waals surface area contributed by atoms with Gasteiger partial charge in [-0.2, -0.15) is 12.6 Å². The molecule has 2 atom stereocenters. The molecule has 0 spiro atoms. The Morgan fingerprint density at radius 3 is 1.56 bits per heavy atom. The molecule has 1 unspecified atom stereocenters. The molecule has 188 valence electrons. The van der Waals surface area contributed by atoms with Gasteiger partial charge in [0.05, 0.1) is 5.25 Å². The summed E-state index contributed by atoms with van der Waals surface area (Å²) in [5.74, 6) is -1.88. The van der Waals surface area contributed by atoms with Gasteiger partial charge in [-0.05, 0) is 42.4 Å². The highest BCUT2D eigenvalue weighted by Gasteiger charge is 2.32. The lowest BCUT2D eigenvalue weighted by Crippen LogP contribution is -2.57. The summed E-state index contributed by atoms with van der Waals surface area (Å²) in [5.41, 5.74) is 8.81. The summed E-state index contributed by atoms with van der Waals surface area (Å²) in [6.45, 7) is 0.793. The van der Waals surface area contributed by atoms with E-state index in [-0.39, 0.29) is 0 Å². The quantitative estimate of drug-likeness (QED) is 0.247. The van der Waals surface area contributed by atoms with Crippen LogP contribution in [0.1, 0.15) is 23.1 Å². The molecule has 0 aliphatic rings. The van der Waals surface area contributed by atoms with Crippen LogP contribution in [0.2, 0.25) is 0 Å². The first kappa shape index (κ1) is 27.0. The summed E-state index contributed by atoms with van der Waals surface area (Å²) in [5, 5.41) is 1.87. The minimum Gasteiger partial charge on any atom is -0.367 e. The Morgan fingerprint density at radius 2 is 1.14 bits per heavy atom. The molecule has 0 aliphatic heterocycles. The number of nitrogens with two attached hydrogens (primary N) is 1. The fraction of sp³-hybridized carbons (Fsp3) is 0.276. The lowest BCUT2D eigenvalue weighted by Gasteiger charge is -2.27. The second kappa shape index (κ2) is 14.1. The third kappa shape index (κ3) is 8.57. The van der Waals surface area contributed by atoms with Crippen LogP contribution in [0.4, 0.5) is 0 Å². The highest BCUT2D eigenvalue weighted by molar-refractivity contribution is 7.81. The van der Waals surface area contributed by atoms with Crippen LogP contribution in [0, 0.1) is 0 Å². The minimum absolute atomic E-state index is 0.396. The summed E-state index contributed by atoms with van der Waals surface area (Å²) in [4.78, 5) is 40.1. The molecule has 0 aromatic heterocycles. The van der Waals surface area contributed by atoms with Crippen molar-refractivity contribution in [2.75, 3.05) is 13.1 Å². The number of hydrogen-bond donors (Lipinski definition) is 3. The van der Waals surface area contributed by atoms with E-state index in [9.17, 15) is 14.4 Å². The van der Waals surface area contributed by atoms with Gasteiger partial charge in [0.15, 0.2) is 6.04 Å². The Balaban J connectivity index is 1.66. The van der Waals surface area contributed by atoms with Gasteiger partial charge in [0.25, 0.3) is 5.91 Å². The number of benzene rings is 3. The Morgan fingerprint density at radius 1 is 0.722 bits per heavy atom. The Hall–Kier alpha value is -3.58. The van der Waals surface area contributed by atoms with Crippen LogP contribution in [-0.4, -0.2) is 47.0 Å². The van der Waals surface area contributed by atoms with Crippen molar-refractivity contribution in [3.05, 3.63) is 108 Å². The van der Waals surface area contributed by atoms with E-state index in [2.05, 4.69) is 17.9 Å². The Bertz CT molecular complexity index is 1070. The summed E-state index contributed by atoms with van der Waals surface area (Å²) >= 11 is 4.41. The van der Waals surface area contributed by atoms with Crippen molar-refractivity contribution < 1.29 is 14.4 Å². The van der Waals surface area contributed by atoms with Crippen LogP contribution < -0.4 is 11.1 Å². The van der Waals surface area contributed by atoms with Crippen LogP contribution >= 0.6 is 12.6 Å². The molecule has 0 aliphatic carbocycles. The van der Waals surface area contributed by atoms with Gasteiger partial charge in [-0.1, -0.05) is 91.0 Å². The molecule has 7 heteroatoms. The van der Waals surface area contributed by atoms with E-state index in [4.69, 9.17) is 5.73 Å². The van der Waals surface area contributed by atoms with Crippen LogP contribution in [0.25, 0.3) is 0 Å². The minimum atomic E-state index is -1.45. The number of primary amides is 1. The maximum atomic E-state index is 13.5. The molecule has 0 radical (unpaired) electrons. The van der Waals surface area contributed by atoms with E-state index in [0.29, 0.717) is 38.8 Å². The first-order valence-electron chi connectivity index (χ1n) is 12.1. The highest BCUT2D eigenvalue weighted by atomic mass is 32.1. The fourth-order valence-electron chi connectivity index (χ4n) is 3.90. The SMILES string of the molecule is NC(=O)C(NC(=O)[C@@H](S)CCc1ccccc1)C(=O)N(CCc1ccccc1)CCc1ccccc1. The number of hydrogen-bond acceptors (Lipinski definition) is 4. The van der Waals surface area contributed by atoms with E-state index >= 15 is 0 Å². The lowest BCUT2D eigenvalue weighted by atomic mass is 10.1. The van der Waals surface area contributed by atoms with Gasteiger partial charge in [0.2, 0.25) is 11.8 Å². The van der Waals surface area contributed by atoms with Gasteiger partial charge in [-0.25, -0.2) is 0 Å². The largest absolute Gasteiger partial charge is 0.367 e. The summed E-state index contributed by atoms with van der Waals surface area (Å²) in [7, 11) is 0. The van der Waals surface area contributed by atoms with E-state index in [1.807, 2.05) is 91.0 Å². The first-order valence-corrected chi connectivity index (χ1v) is 12.6. The molecule has 6 nitrogen and oxygen atoms in total. The van der Waals surface area contributed by atoms with E-state index in [1.54, 1.807) is 4.90 Å². The van der Waals surface area contributed by atoms with Crippen LogP contribution in [0.15, 0.2) is 91.0 Å². The summed E-state index contributed by atoms with van der Waals surface area (Å²) in [6, 6.07) is 27.9. The van der Waals surface area contributed by atoms with Crippen molar-refractivity contribution in [1.29, 1.82) is 0 Å². The van der Waals surface area contributed by atoms with Gasteiger partial charge in [-0.3, -0.25) is 14.4 Å². The molecule has 36 heavy (non-hydrogen) atoms. The van der Waals surface area contributed by atoms with Crippen LogP contribution in [-0.2, 0) is 33.6 Å². The number of thiol groups is 1. The number of amides is 3. The highest BCUT2D eigenvalue weighted by Crippen LogP contribution is 2.11. The predicted molar refractivity (Wildman–Crippen MR) is 146 cm³/mol. The summed E-state index contributed by atoms with van der Waals surface area (Å²) < 4.78 is 0. The average Bonchev–Trinajstić information content (AvgIpc) is 2.91. The molecule has 3 aromatic carbocycles. The molecular formula is C29H33N3O3S. The first-order chi connectivity index (χ1) is 17.4. The normalized spacial score (nSPS) is 12.4. The third-order valence-corrected chi connectivity index (χ3v) is 6.50. The number of carbonyl (C=O) groups is 3. The molecule has 0 fully saturated rings. The van der Waals surface area contributed by atoms with Gasteiger partial charge in [0, 0.05) is 13.1 Å². The maximum absolute atomic E-state index is 13.5. The van der Waals surface area contributed by atoms with Crippen molar-refractivity contribution >= 4 is 30.4 Å². The van der Waals surface area contributed by atoms with Crippen molar-refractivity contribution in [2.45, 2.75) is 37.0 Å². The molecule has 3 aromatic rings. The molecule has 3 amide bonds. The Kier molecular flexibility index (Phi) is 10.6. The third-order valence-electron chi connectivity index (χ3n) is 6.01. The van der Waals surface area contributed by atoms with Gasteiger partial charge in [-0.15, -0.1) is 0 Å². The number of rotatable bonds is 13. The average molecular weight is 504 g/mol. The second-order valence-electron chi connectivity index (χ2n) is 8.68. The predicted octanol–water partition coefficient (Wildman–Crippen LogP) is 3.20. The van der Waals surface area contributed by atoms with Gasteiger partial charge in [0.1, 0.15) is 0 Å². The van der Waals surface area contributed by atoms with Gasteiger partial charge >= 0.3 is 0 Å². The van der Waals surface area contributed by atoms with Crippen molar-refractivity contribution in [2.24, 2.45) is 5.73 Å². The van der Waals surface area contributed by atoms with E-state index in [0.717, 1.165) is 16.7 Å². The summed E-state index contributed by atoms with van der Waals surface area (Å²) in [6.07, 6.45) is 2.35. The topological polar surface area (TPSA) is 92.5 Å². The Labute approximate surface area is 218 Å². The molecule has 0 saturated carbocycles. The zero-order valence-corrected chi connectivity index (χ0v) is 21.1. The number of carbonyl (C=O) groups excluding carboxylic acids is 3. The fourth-order valence-corrected chi connectivity index (χ4v) is 4.11. The smallest absolute Gasteiger partial charge is 0.254 e. The number of nitrogens with one attached hydrogen (secondary N) is 1.